The first-order chi connectivity index (χ1) is 8.97. The van der Waals surface area contributed by atoms with Gasteiger partial charge in [0.15, 0.2) is 5.13 Å². The molecule has 2 rings (SSSR count). The number of nitrogens with two attached hydrogens (primary N) is 1. The molecule has 1 atom stereocenters. The van der Waals surface area contributed by atoms with Crippen LogP contribution in [0, 0.1) is 12.7 Å². The van der Waals surface area contributed by atoms with Crippen molar-refractivity contribution in [1.29, 1.82) is 0 Å². The van der Waals surface area contributed by atoms with Gasteiger partial charge in [0.25, 0.3) is 5.91 Å². The van der Waals surface area contributed by atoms with Crippen molar-refractivity contribution < 1.29 is 9.18 Å². The van der Waals surface area contributed by atoms with E-state index in [1.165, 1.54) is 29.5 Å². The van der Waals surface area contributed by atoms with E-state index in [1.54, 1.807) is 12.3 Å². The lowest BCUT2D eigenvalue weighted by Gasteiger charge is -2.05. The van der Waals surface area contributed by atoms with Crippen LogP contribution in [-0.4, -0.2) is 10.9 Å². The van der Waals surface area contributed by atoms with E-state index in [0.29, 0.717) is 16.3 Å². The molecule has 0 aliphatic rings. The minimum atomic E-state index is -0.359. The molecular weight excluding hydrogens is 265 g/mol. The second kappa shape index (κ2) is 5.46. The first-order valence-electron chi connectivity index (χ1n) is 5.76. The van der Waals surface area contributed by atoms with E-state index in [-0.39, 0.29) is 17.8 Å². The molecule has 1 amide bonds. The summed E-state index contributed by atoms with van der Waals surface area (Å²) in [5.41, 5.74) is 7.45. The summed E-state index contributed by atoms with van der Waals surface area (Å²) in [6.07, 6.45) is 0. The summed E-state index contributed by atoms with van der Waals surface area (Å²) in [4.78, 5) is 16.2. The number of carbonyl (C=O) groups is 1. The van der Waals surface area contributed by atoms with Crippen LogP contribution in [0.4, 0.5) is 9.52 Å². The largest absolute Gasteiger partial charge is 0.323 e. The number of hydrogen-bond donors (Lipinski definition) is 2. The van der Waals surface area contributed by atoms with Crippen molar-refractivity contribution in [3.8, 4) is 0 Å². The zero-order chi connectivity index (χ0) is 14.0. The molecule has 0 radical (unpaired) electrons. The van der Waals surface area contributed by atoms with Gasteiger partial charge in [-0.05, 0) is 37.6 Å². The number of amides is 1. The van der Waals surface area contributed by atoms with Gasteiger partial charge in [-0.3, -0.25) is 10.1 Å². The summed E-state index contributed by atoms with van der Waals surface area (Å²) < 4.78 is 13.0. The quantitative estimate of drug-likeness (QED) is 0.907. The fourth-order valence-corrected chi connectivity index (χ4v) is 2.41. The minimum Gasteiger partial charge on any atom is -0.323 e. The Morgan fingerprint density at radius 1 is 1.53 bits per heavy atom. The van der Waals surface area contributed by atoms with Crippen LogP contribution in [0.3, 0.4) is 0 Å². The van der Waals surface area contributed by atoms with E-state index in [2.05, 4.69) is 10.3 Å². The van der Waals surface area contributed by atoms with Crippen LogP contribution in [0.5, 0.6) is 0 Å². The first kappa shape index (κ1) is 13.6. The van der Waals surface area contributed by atoms with E-state index in [4.69, 9.17) is 5.73 Å². The maximum Gasteiger partial charge on any atom is 0.257 e. The highest BCUT2D eigenvalue weighted by molar-refractivity contribution is 7.14. The van der Waals surface area contributed by atoms with Gasteiger partial charge in [0.05, 0.1) is 5.69 Å². The second-order valence-electron chi connectivity index (χ2n) is 4.28. The molecule has 0 bridgehead atoms. The molecule has 19 heavy (non-hydrogen) atoms. The van der Waals surface area contributed by atoms with Crippen LogP contribution in [-0.2, 0) is 0 Å². The lowest BCUT2D eigenvalue weighted by molar-refractivity contribution is 0.102. The Morgan fingerprint density at radius 3 is 2.84 bits per heavy atom. The number of benzene rings is 1. The van der Waals surface area contributed by atoms with Gasteiger partial charge in [0.2, 0.25) is 0 Å². The molecule has 2 aromatic rings. The monoisotopic (exact) mass is 279 g/mol. The van der Waals surface area contributed by atoms with Gasteiger partial charge in [0.1, 0.15) is 5.82 Å². The average Bonchev–Trinajstić information content (AvgIpc) is 2.77. The number of aryl methyl sites for hydroxylation is 1. The predicted molar refractivity (Wildman–Crippen MR) is 73.8 cm³/mol. The predicted octanol–water partition coefficient (Wildman–Crippen LogP) is 2.86. The molecule has 3 N–H and O–H groups in total. The Labute approximate surface area is 114 Å². The molecule has 4 nitrogen and oxygen atoms in total. The van der Waals surface area contributed by atoms with Gasteiger partial charge in [-0.1, -0.05) is 0 Å². The Hall–Kier alpha value is -1.79. The van der Waals surface area contributed by atoms with Crippen molar-refractivity contribution in [3.63, 3.8) is 0 Å². The van der Waals surface area contributed by atoms with Gasteiger partial charge in [-0.15, -0.1) is 11.3 Å². The molecule has 0 saturated carbocycles. The molecule has 0 fully saturated rings. The van der Waals surface area contributed by atoms with E-state index < -0.39 is 0 Å². The van der Waals surface area contributed by atoms with Crippen molar-refractivity contribution in [2.45, 2.75) is 19.9 Å². The van der Waals surface area contributed by atoms with Gasteiger partial charge in [-0.25, -0.2) is 9.37 Å². The van der Waals surface area contributed by atoms with Gasteiger partial charge in [0, 0.05) is 17.0 Å². The van der Waals surface area contributed by atoms with Crippen LogP contribution in [0.1, 0.15) is 34.6 Å². The summed E-state index contributed by atoms with van der Waals surface area (Å²) in [6.45, 7) is 3.51. The molecule has 100 valence electrons. The van der Waals surface area contributed by atoms with Gasteiger partial charge in [-0.2, -0.15) is 0 Å². The summed E-state index contributed by atoms with van der Waals surface area (Å²) in [7, 11) is 0. The minimum absolute atomic E-state index is 0.172. The number of rotatable bonds is 3. The molecule has 0 saturated heterocycles. The third-order valence-electron chi connectivity index (χ3n) is 2.64. The molecule has 1 aromatic heterocycles. The third kappa shape index (κ3) is 3.15. The number of aromatic nitrogens is 1. The maximum absolute atomic E-state index is 13.0. The van der Waals surface area contributed by atoms with Gasteiger partial charge >= 0.3 is 0 Å². The van der Waals surface area contributed by atoms with Crippen molar-refractivity contribution in [1.82, 2.24) is 4.98 Å². The zero-order valence-corrected chi connectivity index (χ0v) is 11.4. The molecule has 0 aliphatic heterocycles. The molecule has 6 heteroatoms. The molecule has 1 heterocycles. The number of nitrogens with one attached hydrogen (secondary N) is 1. The Kier molecular flexibility index (Phi) is 3.92. The van der Waals surface area contributed by atoms with E-state index in [9.17, 15) is 9.18 Å². The number of nitrogens with zero attached hydrogens (tertiary/aromatic N) is 1. The SMILES string of the molecule is Cc1cc(F)ccc1C(=O)Nc1nc(C(C)N)cs1. The maximum atomic E-state index is 13.0. The number of thiazole rings is 1. The lowest BCUT2D eigenvalue weighted by atomic mass is 10.1. The highest BCUT2D eigenvalue weighted by Crippen LogP contribution is 2.20. The Bertz CT molecular complexity index is 610. The topological polar surface area (TPSA) is 68.0 Å². The van der Waals surface area contributed by atoms with Crippen molar-refractivity contribution in [3.05, 3.63) is 46.2 Å². The lowest BCUT2D eigenvalue weighted by Crippen LogP contribution is -2.14. The summed E-state index contributed by atoms with van der Waals surface area (Å²) >= 11 is 1.31. The molecular formula is C13H14FN3OS. The standard InChI is InChI=1S/C13H14FN3OS/c1-7-5-9(14)3-4-10(7)12(18)17-13-16-11(6-19-13)8(2)15/h3-6,8H,15H2,1-2H3,(H,16,17,18). The number of halogens is 1. The van der Waals surface area contributed by atoms with E-state index >= 15 is 0 Å². The van der Waals surface area contributed by atoms with Crippen LogP contribution in [0.2, 0.25) is 0 Å². The Balaban J connectivity index is 2.16. The summed E-state index contributed by atoms with van der Waals surface area (Å²) in [5.74, 6) is -0.661. The van der Waals surface area contributed by atoms with Crippen molar-refractivity contribution in [2.75, 3.05) is 5.32 Å². The summed E-state index contributed by atoms with van der Waals surface area (Å²) in [6, 6.07) is 3.87. The smallest absolute Gasteiger partial charge is 0.257 e. The highest BCUT2D eigenvalue weighted by Gasteiger charge is 2.12. The molecule has 0 aliphatic carbocycles. The number of anilines is 1. The summed E-state index contributed by atoms with van der Waals surface area (Å²) in [5, 5.41) is 4.97. The van der Waals surface area contributed by atoms with E-state index in [1.807, 2.05) is 6.92 Å². The highest BCUT2D eigenvalue weighted by atomic mass is 32.1. The Morgan fingerprint density at radius 2 is 2.26 bits per heavy atom. The molecule has 0 spiro atoms. The van der Waals surface area contributed by atoms with Gasteiger partial charge < -0.3 is 5.73 Å². The fraction of sp³-hybridized carbons (Fsp3) is 0.231. The van der Waals surface area contributed by atoms with E-state index in [0.717, 1.165) is 5.69 Å². The van der Waals surface area contributed by atoms with Crippen LogP contribution in [0.15, 0.2) is 23.6 Å². The molecule has 1 unspecified atom stereocenters. The average molecular weight is 279 g/mol. The third-order valence-corrected chi connectivity index (χ3v) is 3.42. The fourth-order valence-electron chi connectivity index (χ4n) is 1.60. The van der Waals surface area contributed by atoms with Crippen molar-refractivity contribution in [2.24, 2.45) is 5.73 Å². The van der Waals surface area contributed by atoms with Crippen LogP contribution >= 0.6 is 11.3 Å². The van der Waals surface area contributed by atoms with Crippen LogP contribution < -0.4 is 11.1 Å². The second-order valence-corrected chi connectivity index (χ2v) is 5.14. The zero-order valence-electron chi connectivity index (χ0n) is 10.6. The molecule has 1 aromatic carbocycles. The normalized spacial score (nSPS) is 12.2. The number of hydrogen-bond acceptors (Lipinski definition) is 4. The van der Waals surface area contributed by atoms with Crippen molar-refractivity contribution >= 4 is 22.4 Å². The first-order valence-corrected chi connectivity index (χ1v) is 6.64. The van der Waals surface area contributed by atoms with Crippen LogP contribution in [0.25, 0.3) is 0 Å². The number of carbonyl (C=O) groups excluding carboxylic acids is 1.